The van der Waals surface area contributed by atoms with Crippen molar-refractivity contribution in [1.29, 1.82) is 0 Å². The highest BCUT2D eigenvalue weighted by Gasteiger charge is 2.25. The van der Waals surface area contributed by atoms with Gasteiger partial charge in [0.05, 0.1) is 20.5 Å². The van der Waals surface area contributed by atoms with Gasteiger partial charge >= 0.3 is 6.03 Å². The first-order chi connectivity index (χ1) is 11.3. The second-order valence-electron chi connectivity index (χ2n) is 5.50. The number of nitrogens with zero attached hydrogens (tertiary/aromatic N) is 2. The van der Waals surface area contributed by atoms with Crippen molar-refractivity contribution in [2.45, 2.75) is 6.54 Å². The summed E-state index contributed by atoms with van der Waals surface area (Å²) in [5.74, 6) is 1.23. The summed E-state index contributed by atoms with van der Waals surface area (Å²) in [5.41, 5.74) is 0.885. The maximum Gasteiger partial charge on any atom is 0.317 e. The number of methoxy groups -OCH3 is 2. The molecule has 1 heterocycles. The van der Waals surface area contributed by atoms with Crippen LogP contribution < -0.4 is 14.8 Å². The van der Waals surface area contributed by atoms with Crippen LogP contribution in [0.3, 0.4) is 0 Å². The fourth-order valence-electron chi connectivity index (χ4n) is 2.50. The molecular weight excluding hydrogens is 334 g/mol. The maximum absolute atomic E-state index is 12.2. The Labute approximate surface area is 142 Å². The van der Waals surface area contributed by atoms with Crippen LogP contribution in [-0.2, 0) is 16.6 Å². The van der Waals surface area contributed by atoms with Crippen molar-refractivity contribution in [3.8, 4) is 11.5 Å². The van der Waals surface area contributed by atoms with E-state index in [9.17, 15) is 13.2 Å². The van der Waals surface area contributed by atoms with E-state index in [1.807, 2.05) is 6.07 Å². The molecule has 1 fully saturated rings. The van der Waals surface area contributed by atoms with Crippen LogP contribution in [0.25, 0.3) is 0 Å². The summed E-state index contributed by atoms with van der Waals surface area (Å²) in [4.78, 5) is 13.8. The summed E-state index contributed by atoms with van der Waals surface area (Å²) in [5, 5.41) is 2.83. The second-order valence-corrected chi connectivity index (χ2v) is 7.48. The van der Waals surface area contributed by atoms with Gasteiger partial charge in [-0.25, -0.2) is 13.2 Å². The third-order valence-electron chi connectivity index (χ3n) is 3.89. The highest BCUT2D eigenvalue weighted by atomic mass is 32.2. The number of rotatable bonds is 5. The lowest BCUT2D eigenvalue weighted by molar-refractivity contribution is 0.172. The number of amides is 2. The van der Waals surface area contributed by atoms with Crippen molar-refractivity contribution in [1.82, 2.24) is 14.5 Å². The molecule has 0 aliphatic carbocycles. The van der Waals surface area contributed by atoms with E-state index in [1.165, 1.54) is 10.6 Å². The largest absolute Gasteiger partial charge is 0.493 e. The van der Waals surface area contributed by atoms with E-state index >= 15 is 0 Å². The van der Waals surface area contributed by atoms with Gasteiger partial charge in [-0.15, -0.1) is 0 Å². The van der Waals surface area contributed by atoms with Crippen LogP contribution >= 0.6 is 0 Å². The minimum absolute atomic E-state index is 0.210. The standard InChI is InChI=1S/C15H23N3O5S/c1-22-13-5-4-12(10-14(13)23-2)11-16-15(19)17-6-8-18(9-7-17)24(3,20)21/h4-5,10H,6-9,11H2,1-3H3,(H,16,19). The Kier molecular flexibility index (Phi) is 5.89. The number of piperazine rings is 1. The number of nitrogens with one attached hydrogen (secondary N) is 1. The molecule has 0 saturated carbocycles. The van der Waals surface area contributed by atoms with E-state index in [1.54, 1.807) is 31.3 Å². The van der Waals surface area contributed by atoms with Crippen LogP contribution in [0, 0.1) is 0 Å². The number of ether oxygens (including phenoxy) is 2. The lowest BCUT2D eigenvalue weighted by Gasteiger charge is -2.33. The van der Waals surface area contributed by atoms with E-state index in [0.29, 0.717) is 44.2 Å². The van der Waals surface area contributed by atoms with Gasteiger partial charge in [-0.3, -0.25) is 0 Å². The Morgan fingerprint density at radius 2 is 1.75 bits per heavy atom. The minimum Gasteiger partial charge on any atom is -0.493 e. The third-order valence-corrected chi connectivity index (χ3v) is 5.19. The molecule has 1 aromatic rings. The van der Waals surface area contributed by atoms with Gasteiger partial charge in [0, 0.05) is 32.7 Å². The first-order valence-electron chi connectivity index (χ1n) is 7.54. The van der Waals surface area contributed by atoms with Crippen molar-refractivity contribution in [3.05, 3.63) is 23.8 Å². The molecule has 9 heteroatoms. The normalized spacial score (nSPS) is 15.9. The molecule has 8 nitrogen and oxygen atoms in total. The summed E-state index contributed by atoms with van der Waals surface area (Å²) in [6, 6.07) is 5.23. The molecule has 0 spiro atoms. The summed E-state index contributed by atoms with van der Waals surface area (Å²) < 4.78 is 34.7. The molecule has 0 unspecified atom stereocenters. The fraction of sp³-hybridized carbons (Fsp3) is 0.533. The average Bonchev–Trinajstić information content (AvgIpc) is 2.58. The molecule has 2 rings (SSSR count). The van der Waals surface area contributed by atoms with Gasteiger partial charge in [0.15, 0.2) is 11.5 Å². The minimum atomic E-state index is -3.20. The van der Waals surface area contributed by atoms with E-state index < -0.39 is 10.0 Å². The predicted molar refractivity (Wildman–Crippen MR) is 89.8 cm³/mol. The van der Waals surface area contributed by atoms with Crippen molar-refractivity contribution in [2.24, 2.45) is 0 Å². The Morgan fingerprint density at radius 1 is 1.12 bits per heavy atom. The summed E-state index contributed by atoms with van der Waals surface area (Å²) in [6.07, 6.45) is 1.18. The van der Waals surface area contributed by atoms with Crippen LogP contribution in [0.2, 0.25) is 0 Å². The predicted octanol–water partition coefficient (Wildman–Crippen LogP) is 0.491. The van der Waals surface area contributed by atoms with Gasteiger partial charge in [0.1, 0.15) is 0 Å². The Morgan fingerprint density at radius 3 is 2.29 bits per heavy atom. The van der Waals surface area contributed by atoms with E-state index in [4.69, 9.17) is 9.47 Å². The monoisotopic (exact) mass is 357 g/mol. The summed E-state index contributed by atoms with van der Waals surface area (Å²) in [6.45, 7) is 1.76. The summed E-state index contributed by atoms with van der Waals surface area (Å²) in [7, 11) is -0.0735. The van der Waals surface area contributed by atoms with Crippen LogP contribution in [0.5, 0.6) is 11.5 Å². The number of urea groups is 1. The molecule has 1 N–H and O–H groups in total. The third kappa shape index (κ3) is 4.51. The van der Waals surface area contributed by atoms with Crippen LogP contribution in [-0.4, -0.2) is 70.3 Å². The highest BCUT2D eigenvalue weighted by molar-refractivity contribution is 7.88. The molecule has 1 saturated heterocycles. The lowest BCUT2D eigenvalue weighted by Crippen LogP contribution is -2.52. The van der Waals surface area contributed by atoms with Crippen molar-refractivity contribution < 1.29 is 22.7 Å². The molecule has 2 amide bonds. The number of carbonyl (C=O) groups is 1. The van der Waals surface area contributed by atoms with E-state index in [-0.39, 0.29) is 6.03 Å². The first kappa shape index (κ1) is 18.3. The Balaban J connectivity index is 1.88. The topological polar surface area (TPSA) is 88.2 Å². The molecule has 0 aromatic heterocycles. The quantitative estimate of drug-likeness (QED) is 0.829. The molecule has 1 aliphatic rings. The van der Waals surface area contributed by atoms with Crippen LogP contribution in [0.1, 0.15) is 5.56 Å². The molecule has 0 bridgehead atoms. The number of hydrogen-bond donors (Lipinski definition) is 1. The van der Waals surface area contributed by atoms with Gasteiger partial charge in [-0.05, 0) is 17.7 Å². The number of carbonyl (C=O) groups excluding carboxylic acids is 1. The van der Waals surface area contributed by atoms with Crippen molar-refractivity contribution in [3.63, 3.8) is 0 Å². The Hall–Kier alpha value is -2.00. The van der Waals surface area contributed by atoms with Crippen molar-refractivity contribution in [2.75, 3.05) is 46.7 Å². The van der Waals surface area contributed by atoms with Crippen molar-refractivity contribution >= 4 is 16.1 Å². The van der Waals surface area contributed by atoms with Gasteiger partial charge in [0.25, 0.3) is 0 Å². The molecule has 1 aliphatic heterocycles. The molecule has 0 radical (unpaired) electrons. The smallest absolute Gasteiger partial charge is 0.317 e. The first-order valence-corrected chi connectivity index (χ1v) is 9.38. The van der Waals surface area contributed by atoms with Gasteiger partial charge < -0.3 is 19.7 Å². The SMILES string of the molecule is COc1ccc(CNC(=O)N2CCN(S(C)(=O)=O)CC2)cc1OC. The Bertz CT molecular complexity index is 684. The molecule has 0 atom stereocenters. The molecular formula is C15H23N3O5S. The van der Waals surface area contributed by atoms with Gasteiger partial charge in [0.2, 0.25) is 10.0 Å². The second kappa shape index (κ2) is 7.71. The van der Waals surface area contributed by atoms with E-state index in [2.05, 4.69) is 5.32 Å². The molecule has 24 heavy (non-hydrogen) atoms. The summed E-state index contributed by atoms with van der Waals surface area (Å²) >= 11 is 0. The number of benzene rings is 1. The number of sulfonamides is 1. The molecule has 1 aromatic carbocycles. The van der Waals surface area contributed by atoms with Crippen LogP contribution in [0.4, 0.5) is 4.79 Å². The zero-order valence-electron chi connectivity index (χ0n) is 14.1. The zero-order chi connectivity index (χ0) is 17.7. The molecule has 134 valence electrons. The lowest BCUT2D eigenvalue weighted by atomic mass is 10.2. The number of hydrogen-bond acceptors (Lipinski definition) is 5. The van der Waals surface area contributed by atoms with Gasteiger partial charge in [-0.1, -0.05) is 6.07 Å². The maximum atomic E-state index is 12.2. The highest BCUT2D eigenvalue weighted by Crippen LogP contribution is 2.27. The average molecular weight is 357 g/mol. The fourth-order valence-corrected chi connectivity index (χ4v) is 3.33. The van der Waals surface area contributed by atoms with E-state index in [0.717, 1.165) is 5.56 Å². The zero-order valence-corrected chi connectivity index (χ0v) is 14.9. The van der Waals surface area contributed by atoms with Gasteiger partial charge in [-0.2, -0.15) is 4.31 Å². The van der Waals surface area contributed by atoms with Crippen LogP contribution in [0.15, 0.2) is 18.2 Å².